The van der Waals surface area contributed by atoms with E-state index in [1.54, 1.807) is 23.7 Å². The lowest BCUT2D eigenvalue weighted by atomic mass is 10.0. The molecule has 0 aliphatic heterocycles. The molecule has 3 aromatic heterocycles. The Morgan fingerprint density at radius 3 is 2.60 bits per heavy atom. The van der Waals surface area contributed by atoms with Crippen molar-refractivity contribution < 1.29 is 4.52 Å². The van der Waals surface area contributed by atoms with E-state index in [-0.39, 0.29) is 12.0 Å². The van der Waals surface area contributed by atoms with Gasteiger partial charge < -0.3 is 9.84 Å². The van der Waals surface area contributed by atoms with Crippen molar-refractivity contribution in [3.8, 4) is 11.4 Å². The molecule has 6 nitrogen and oxygen atoms in total. The van der Waals surface area contributed by atoms with Gasteiger partial charge in [-0.25, -0.2) is 4.98 Å². The number of fused-ring (bicyclic) bond motifs is 1. The van der Waals surface area contributed by atoms with E-state index in [9.17, 15) is 0 Å². The monoisotopic (exact) mass is 351 g/mol. The highest BCUT2D eigenvalue weighted by molar-refractivity contribution is 7.22. The van der Waals surface area contributed by atoms with E-state index >= 15 is 0 Å². The van der Waals surface area contributed by atoms with Crippen LogP contribution >= 0.6 is 11.3 Å². The number of benzene rings is 1. The molecule has 0 saturated carbocycles. The van der Waals surface area contributed by atoms with Crippen molar-refractivity contribution in [2.75, 3.05) is 5.32 Å². The number of pyridine rings is 1. The maximum atomic E-state index is 5.52. The third kappa shape index (κ3) is 3.23. The molecule has 4 aromatic rings. The predicted molar refractivity (Wildman–Crippen MR) is 98.4 cm³/mol. The maximum absolute atomic E-state index is 5.52. The van der Waals surface area contributed by atoms with Crippen LogP contribution in [0.4, 0.5) is 5.13 Å². The molecule has 1 atom stereocenters. The number of hydrogen-bond donors (Lipinski definition) is 1. The van der Waals surface area contributed by atoms with Crippen LogP contribution in [0.1, 0.15) is 25.8 Å². The number of rotatable bonds is 5. The van der Waals surface area contributed by atoms with Crippen molar-refractivity contribution in [1.29, 1.82) is 0 Å². The van der Waals surface area contributed by atoms with Crippen LogP contribution < -0.4 is 5.32 Å². The van der Waals surface area contributed by atoms with E-state index in [1.807, 2.05) is 30.3 Å². The average molecular weight is 351 g/mol. The second-order valence-electron chi connectivity index (χ2n) is 6.04. The number of anilines is 1. The summed E-state index contributed by atoms with van der Waals surface area (Å²) in [6.07, 6.45) is 3.43. The Kier molecular flexibility index (Phi) is 4.15. The Hall–Kier alpha value is -2.80. The summed E-state index contributed by atoms with van der Waals surface area (Å²) in [7, 11) is 0. The van der Waals surface area contributed by atoms with Crippen LogP contribution in [0.3, 0.4) is 0 Å². The van der Waals surface area contributed by atoms with E-state index in [2.05, 4.69) is 45.3 Å². The van der Waals surface area contributed by atoms with Crippen LogP contribution in [0.2, 0.25) is 0 Å². The first-order chi connectivity index (χ1) is 12.2. The van der Waals surface area contributed by atoms with Gasteiger partial charge in [0.1, 0.15) is 6.04 Å². The summed E-state index contributed by atoms with van der Waals surface area (Å²) in [5, 5.41) is 8.40. The minimum atomic E-state index is -0.108. The summed E-state index contributed by atoms with van der Waals surface area (Å²) >= 11 is 1.62. The van der Waals surface area contributed by atoms with Gasteiger partial charge in [0.15, 0.2) is 5.13 Å². The standard InChI is InChI=1S/C18H17N5OS/c1-11(2)15(21-18-20-13-5-3-4-6-14(13)25-18)17-22-16(23-24-17)12-7-9-19-10-8-12/h3-11,15H,1-2H3,(H,20,21). The molecule has 0 saturated heterocycles. The normalized spacial score (nSPS) is 12.6. The molecule has 0 aliphatic carbocycles. The zero-order chi connectivity index (χ0) is 17.2. The number of para-hydroxylation sites is 1. The van der Waals surface area contributed by atoms with Gasteiger partial charge in [-0.3, -0.25) is 4.98 Å². The van der Waals surface area contributed by atoms with Crippen molar-refractivity contribution in [1.82, 2.24) is 20.1 Å². The number of nitrogens with one attached hydrogen (secondary N) is 1. The Bertz CT molecular complexity index is 946. The molecule has 0 aliphatic rings. The quantitative estimate of drug-likeness (QED) is 0.568. The highest BCUT2D eigenvalue weighted by atomic mass is 32.1. The summed E-state index contributed by atoms with van der Waals surface area (Å²) in [5.41, 5.74) is 1.87. The van der Waals surface area contributed by atoms with Crippen molar-refractivity contribution in [2.45, 2.75) is 19.9 Å². The summed E-state index contributed by atoms with van der Waals surface area (Å²) in [6, 6.07) is 11.7. The van der Waals surface area contributed by atoms with Gasteiger partial charge >= 0.3 is 0 Å². The van der Waals surface area contributed by atoms with Gasteiger partial charge in [0.2, 0.25) is 11.7 Å². The topological polar surface area (TPSA) is 76.7 Å². The second-order valence-corrected chi connectivity index (χ2v) is 7.08. The molecule has 7 heteroatoms. The molecule has 1 N–H and O–H groups in total. The third-order valence-electron chi connectivity index (χ3n) is 3.89. The minimum absolute atomic E-state index is 0.108. The SMILES string of the molecule is CC(C)C(Nc1nc2ccccc2s1)c1nc(-c2ccncc2)no1. The molecule has 4 rings (SSSR count). The van der Waals surface area contributed by atoms with Crippen molar-refractivity contribution in [3.05, 3.63) is 54.7 Å². The van der Waals surface area contributed by atoms with Crippen LogP contribution in [0.25, 0.3) is 21.6 Å². The molecule has 1 aromatic carbocycles. The van der Waals surface area contributed by atoms with Gasteiger partial charge in [0.05, 0.1) is 10.2 Å². The van der Waals surface area contributed by atoms with E-state index in [0.29, 0.717) is 11.7 Å². The van der Waals surface area contributed by atoms with Crippen molar-refractivity contribution >= 4 is 26.7 Å². The van der Waals surface area contributed by atoms with E-state index in [1.165, 1.54) is 0 Å². The first kappa shape index (κ1) is 15.7. The molecule has 0 amide bonds. The summed E-state index contributed by atoms with van der Waals surface area (Å²) in [6.45, 7) is 4.22. The van der Waals surface area contributed by atoms with Crippen LogP contribution in [0.5, 0.6) is 0 Å². The fourth-order valence-corrected chi connectivity index (χ4v) is 3.46. The third-order valence-corrected chi connectivity index (χ3v) is 4.85. The Morgan fingerprint density at radius 2 is 1.84 bits per heavy atom. The number of nitrogens with zero attached hydrogens (tertiary/aromatic N) is 4. The molecule has 1 unspecified atom stereocenters. The van der Waals surface area contributed by atoms with Gasteiger partial charge in [-0.15, -0.1) is 0 Å². The largest absolute Gasteiger partial charge is 0.349 e. The predicted octanol–water partition coefficient (Wildman–Crippen LogP) is 4.55. The molecule has 0 bridgehead atoms. The number of aromatic nitrogens is 4. The number of hydrogen-bond acceptors (Lipinski definition) is 7. The molecular weight excluding hydrogens is 334 g/mol. The van der Waals surface area contributed by atoms with Crippen molar-refractivity contribution in [2.24, 2.45) is 5.92 Å². The lowest BCUT2D eigenvalue weighted by Gasteiger charge is -2.17. The lowest BCUT2D eigenvalue weighted by Crippen LogP contribution is -2.17. The van der Waals surface area contributed by atoms with Crippen LogP contribution in [-0.4, -0.2) is 20.1 Å². The smallest absolute Gasteiger partial charge is 0.249 e. The first-order valence-electron chi connectivity index (χ1n) is 8.07. The lowest BCUT2D eigenvalue weighted by molar-refractivity contribution is 0.336. The van der Waals surface area contributed by atoms with Gasteiger partial charge in [0.25, 0.3) is 0 Å². The Labute approximate surface area is 149 Å². The Morgan fingerprint density at radius 1 is 1.04 bits per heavy atom. The maximum Gasteiger partial charge on any atom is 0.249 e. The van der Waals surface area contributed by atoms with E-state index in [4.69, 9.17) is 4.52 Å². The molecule has 0 radical (unpaired) electrons. The van der Waals surface area contributed by atoms with E-state index < -0.39 is 0 Å². The minimum Gasteiger partial charge on any atom is -0.349 e. The number of thiazole rings is 1. The zero-order valence-electron chi connectivity index (χ0n) is 13.9. The highest BCUT2D eigenvalue weighted by Gasteiger charge is 2.24. The Balaban J connectivity index is 1.62. The summed E-state index contributed by atoms with van der Waals surface area (Å²) in [4.78, 5) is 13.2. The van der Waals surface area contributed by atoms with E-state index in [0.717, 1.165) is 20.9 Å². The molecular formula is C18H17N5OS. The van der Waals surface area contributed by atoms with Crippen LogP contribution in [0, 0.1) is 5.92 Å². The average Bonchev–Trinajstić information content (AvgIpc) is 3.26. The molecule has 0 fully saturated rings. The summed E-state index contributed by atoms with van der Waals surface area (Å²) < 4.78 is 6.67. The van der Waals surface area contributed by atoms with Crippen LogP contribution in [-0.2, 0) is 0 Å². The first-order valence-corrected chi connectivity index (χ1v) is 8.88. The fourth-order valence-electron chi connectivity index (χ4n) is 2.56. The van der Waals surface area contributed by atoms with Gasteiger partial charge in [-0.1, -0.05) is 42.5 Å². The van der Waals surface area contributed by atoms with Gasteiger partial charge in [0, 0.05) is 18.0 Å². The highest BCUT2D eigenvalue weighted by Crippen LogP contribution is 2.31. The molecule has 3 heterocycles. The summed E-state index contributed by atoms with van der Waals surface area (Å²) in [5.74, 6) is 1.38. The van der Waals surface area contributed by atoms with Crippen molar-refractivity contribution in [3.63, 3.8) is 0 Å². The zero-order valence-corrected chi connectivity index (χ0v) is 14.7. The van der Waals surface area contributed by atoms with Gasteiger partial charge in [-0.05, 0) is 30.2 Å². The van der Waals surface area contributed by atoms with Gasteiger partial charge in [-0.2, -0.15) is 4.98 Å². The molecule has 25 heavy (non-hydrogen) atoms. The molecule has 0 spiro atoms. The molecule has 126 valence electrons. The van der Waals surface area contributed by atoms with Crippen LogP contribution in [0.15, 0.2) is 53.3 Å². The fraction of sp³-hybridized carbons (Fsp3) is 0.222. The second kappa shape index (κ2) is 6.60.